The summed E-state index contributed by atoms with van der Waals surface area (Å²) >= 11 is 3.12. The number of sulfonamides is 1. The minimum Gasteiger partial charge on any atom is -0.317 e. The van der Waals surface area contributed by atoms with E-state index in [-0.39, 0.29) is 9.37 Å². The average Bonchev–Trinajstić information content (AvgIpc) is 2.38. The first kappa shape index (κ1) is 14.9. The van der Waals surface area contributed by atoms with Crippen molar-refractivity contribution in [2.45, 2.75) is 23.8 Å². The van der Waals surface area contributed by atoms with Crippen LogP contribution in [0.1, 0.15) is 12.8 Å². The van der Waals surface area contributed by atoms with Gasteiger partial charge in [0, 0.05) is 23.6 Å². The maximum Gasteiger partial charge on any atom is 0.247 e. The van der Waals surface area contributed by atoms with Crippen molar-refractivity contribution < 1.29 is 12.8 Å². The second-order valence-electron chi connectivity index (χ2n) is 4.52. The Morgan fingerprint density at radius 2 is 2.00 bits per heavy atom. The van der Waals surface area contributed by atoms with Crippen molar-refractivity contribution >= 4 is 26.0 Å². The molecule has 1 N–H and O–H groups in total. The van der Waals surface area contributed by atoms with Crippen LogP contribution in [-0.4, -0.2) is 38.9 Å². The van der Waals surface area contributed by atoms with Crippen LogP contribution in [0.15, 0.2) is 27.6 Å². The van der Waals surface area contributed by atoms with Gasteiger partial charge in [0.05, 0.1) is 0 Å². The molecule has 1 aliphatic rings. The van der Waals surface area contributed by atoms with Gasteiger partial charge in [-0.15, -0.1) is 0 Å². The minimum atomic E-state index is -3.77. The SMILES string of the molecule is CNC1CCN(S(=O)(=O)c2c(F)cccc2Br)CC1. The lowest BCUT2D eigenvalue weighted by Gasteiger charge is -2.31. The standard InChI is InChI=1S/C12H16BrFN2O2S/c1-15-9-5-7-16(8-6-9)19(17,18)12-10(13)3-2-4-11(12)14/h2-4,9,15H,5-8H2,1H3. The molecule has 4 nitrogen and oxygen atoms in total. The highest BCUT2D eigenvalue weighted by Gasteiger charge is 2.32. The fourth-order valence-electron chi connectivity index (χ4n) is 2.24. The Morgan fingerprint density at radius 3 is 2.53 bits per heavy atom. The van der Waals surface area contributed by atoms with Crippen LogP contribution in [0.25, 0.3) is 0 Å². The normalized spacial score (nSPS) is 18.7. The van der Waals surface area contributed by atoms with Crippen LogP contribution in [0.5, 0.6) is 0 Å². The number of nitrogens with one attached hydrogen (secondary N) is 1. The van der Waals surface area contributed by atoms with Crippen molar-refractivity contribution in [2.24, 2.45) is 0 Å². The number of piperidine rings is 1. The zero-order valence-corrected chi connectivity index (χ0v) is 13.0. The summed E-state index contributed by atoms with van der Waals surface area (Å²) in [5.41, 5.74) is 0. The van der Waals surface area contributed by atoms with E-state index in [0.29, 0.717) is 19.1 Å². The van der Waals surface area contributed by atoms with E-state index in [1.807, 2.05) is 7.05 Å². The monoisotopic (exact) mass is 350 g/mol. The molecule has 0 radical (unpaired) electrons. The lowest BCUT2D eigenvalue weighted by molar-refractivity contribution is 0.297. The molecule has 0 aliphatic carbocycles. The van der Waals surface area contributed by atoms with Crippen LogP contribution < -0.4 is 5.32 Å². The average molecular weight is 351 g/mol. The molecule has 0 spiro atoms. The van der Waals surface area contributed by atoms with Crippen molar-refractivity contribution in [1.82, 2.24) is 9.62 Å². The lowest BCUT2D eigenvalue weighted by Crippen LogP contribution is -2.44. The molecule has 0 aromatic heterocycles. The van der Waals surface area contributed by atoms with Gasteiger partial charge in [0.25, 0.3) is 0 Å². The molecule has 0 bridgehead atoms. The van der Waals surface area contributed by atoms with E-state index in [1.165, 1.54) is 16.4 Å². The molecule has 1 aliphatic heterocycles. The first-order valence-electron chi connectivity index (χ1n) is 6.08. The third kappa shape index (κ3) is 2.99. The number of hydrogen-bond acceptors (Lipinski definition) is 3. The summed E-state index contributed by atoms with van der Waals surface area (Å²) in [5, 5.41) is 3.13. The molecule has 0 atom stereocenters. The predicted molar refractivity (Wildman–Crippen MR) is 74.9 cm³/mol. The van der Waals surface area contributed by atoms with Gasteiger partial charge in [-0.2, -0.15) is 4.31 Å². The smallest absolute Gasteiger partial charge is 0.247 e. The summed E-state index contributed by atoms with van der Waals surface area (Å²) in [6.45, 7) is 0.823. The maximum atomic E-state index is 13.8. The lowest BCUT2D eigenvalue weighted by atomic mass is 10.1. The van der Waals surface area contributed by atoms with E-state index in [0.717, 1.165) is 18.9 Å². The number of benzene rings is 1. The fraction of sp³-hybridized carbons (Fsp3) is 0.500. The minimum absolute atomic E-state index is 0.266. The Hall–Kier alpha value is -0.500. The maximum absolute atomic E-state index is 13.8. The number of rotatable bonds is 3. The highest BCUT2D eigenvalue weighted by molar-refractivity contribution is 9.10. The highest BCUT2D eigenvalue weighted by atomic mass is 79.9. The van der Waals surface area contributed by atoms with Crippen LogP contribution in [0.2, 0.25) is 0 Å². The molecule has 1 aromatic carbocycles. The summed E-state index contributed by atoms with van der Waals surface area (Å²) in [6, 6.07) is 4.51. The van der Waals surface area contributed by atoms with Gasteiger partial charge in [0.2, 0.25) is 10.0 Å². The third-order valence-electron chi connectivity index (χ3n) is 3.38. The Labute approximate surface area is 121 Å². The molecular formula is C12H16BrFN2O2S. The number of nitrogens with zero attached hydrogens (tertiary/aromatic N) is 1. The Morgan fingerprint density at radius 1 is 1.37 bits per heavy atom. The summed E-state index contributed by atoms with van der Waals surface area (Å²) in [6.07, 6.45) is 1.48. The van der Waals surface area contributed by atoms with Gasteiger partial charge in [-0.05, 0) is 48.0 Å². The Balaban J connectivity index is 2.29. The van der Waals surface area contributed by atoms with Gasteiger partial charge in [-0.3, -0.25) is 0 Å². The van der Waals surface area contributed by atoms with Gasteiger partial charge in [-0.25, -0.2) is 12.8 Å². The molecule has 0 unspecified atom stereocenters. The molecule has 0 amide bonds. The number of halogens is 2. The zero-order valence-electron chi connectivity index (χ0n) is 10.6. The van der Waals surface area contributed by atoms with E-state index in [9.17, 15) is 12.8 Å². The molecule has 7 heteroatoms. The second-order valence-corrected chi connectivity index (χ2v) is 7.25. The Kier molecular flexibility index (Phi) is 4.60. The quantitative estimate of drug-likeness (QED) is 0.906. The molecular weight excluding hydrogens is 335 g/mol. The van der Waals surface area contributed by atoms with E-state index >= 15 is 0 Å². The predicted octanol–water partition coefficient (Wildman–Crippen LogP) is 1.96. The Bertz CT molecular complexity index is 537. The van der Waals surface area contributed by atoms with E-state index in [1.54, 1.807) is 0 Å². The first-order chi connectivity index (χ1) is 8.96. The third-order valence-corrected chi connectivity index (χ3v) is 6.28. The molecule has 106 valence electrons. The van der Waals surface area contributed by atoms with E-state index in [2.05, 4.69) is 21.2 Å². The largest absolute Gasteiger partial charge is 0.317 e. The van der Waals surface area contributed by atoms with Crippen molar-refractivity contribution in [3.05, 3.63) is 28.5 Å². The van der Waals surface area contributed by atoms with Gasteiger partial charge in [-0.1, -0.05) is 6.07 Å². The van der Waals surface area contributed by atoms with Crippen LogP contribution >= 0.6 is 15.9 Å². The van der Waals surface area contributed by atoms with Crippen molar-refractivity contribution in [3.63, 3.8) is 0 Å². The summed E-state index contributed by atoms with van der Waals surface area (Å²) < 4.78 is 40.3. The van der Waals surface area contributed by atoms with E-state index in [4.69, 9.17) is 0 Å². The first-order valence-corrected chi connectivity index (χ1v) is 8.31. The molecule has 19 heavy (non-hydrogen) atoms. The molecule has 2 rings (SSSR count). The molecule has 1 heterocycles. The van der Waals surface area contributed by atoms with Crippen LogP contribution in [-0.2, 0) is 10.0 Å². The van der Waals surface area contributed by atoms with Crippen LogP contribution in [0.4, 0.5) is 4.39 Å². The highest BCUT2D eigenvalue weighted by Crippen LogP contribution is 2.29. The summed E-state index contributed by atoms with van der Waals surface area (Å²) in [5.74, 6) is -0.717. The van der Waals surface area contributed by atoms with Crippen LogP contribution in [0.3, 0.4) is 0 Å². The van der Waals surface area contributed by atoms with Gasteiger partial charge in [0.15, 0.2) is 0 Å². The van der Waals surface area contributed by atoms with Gasteiger partial charge in [0.1, 0.15) is 10.7 Å². The van der Waals surface area contributed by atoms with Gasteiger partial charge >= 0.3 is 0 Å². The molecule has 1 saturated heterocycles. The fourth-order valence-corrected chi connectivity index (χ4v) is 4.78. The molecule has 1 aromatic rings. The summed E-state index contributed by atoms with van der Waals surface area (Å²) in [4.78, 5) is -0.266. The van der Waals surface area contributed by atoms with Gasteiger partial charge < -0.3 is 5.32 Å². The van der Waals surface area contributed by atoms with Crippen LogP contribution in [0, 0.1) is 5.82 Å². The zero-order chi connectivity index (χ0) is 14.0. The van der Waals surface area contributed by atoms with Crippen molar-refractivity contribution in [3.8, 4) is 0 Å². The van der Waals surface area contributed by atoms with Crippen molar-refractivity contribution in [2.75, 3.05) is 20.1 Å². The topological polar surface area (TPSA) is 49.4 Å². The molecule has 0 saturated carbocycles. The molecule has 1 fully saturated rings. The second kappa shape index (κ2) is 5.87. The van der Waals surface area contributed by atoms with E-state index < -0.39 is 15.8 Å². The van der Waals surface area contributed by atoms with Crippen molar-refractivity contribution in [1.29, 1.82) is 0 Å². The summed E-state index contributed by atoms with van der Waals surface area (Å²) in [7, 11) is -1.91. The number of hydrogen-bond donors (Lipinski definition) is 1.